The zero-order valence-corrected chi connectivity index (χ0v) is 9.74. The third-order valence-corrected chi connectivity index (χ3v) is 1.91. The summed E-state index contributed by atoms with van der Waals surface area (Å²) in [7, 11) is 0. The average Bonchev–Trinajstić information content (AvgIpc) is 2.26. The Bertz CT molecular complexity index is 445. The molecule has 0 aliphatic rings. The van der Waals surface area contributed by atoms with E-state index in [9.17, 15) is 14.4 Å². The number of pyridine rings is 1. The van der Waals surface area contributed by atoms with Crippen LogP contribution in [-0.4, -0.2) is 29.4 Å². The minimum absolute atomic E-state index is 0.0347. The lowest BCUT2D eigenvalue weighted by molar-refractivity contribution is -0.120. The fourth-order valence-corrected chi connectivity index (χ4v) is 1.19. The third-order valence-electron chi connectivity index (χ3n) is 1.91. The summed E-state index contributed by atoms with van der Waals surface area (Å²) < 4.78 is 0. The fourth-order valence-electron chi connectivity index (χ4n) is 1.19. The van der Waals surface area contributed by atoms with E-state index in [0.717, 1.165) is 0 Å². The van der Waals surface area contributed by atoms with Crippen molar-refractivity contribution in [2.75, 3.05) is 6.54 Å². The van der Waals surface area contributed by atoms with Gasteiger partial charge in [-0.05, 0) is 19.9 Å². The molecule has 2 amide bonds. The third kappa shape index (κ3) is 4.50. The van der Waals surface area contributed by atoms with Crippen molar-refractivity contribution in [3.63, 3.8) is 0 Å². The molecule has 0 radical (unpaired) electrons. The minimum atomic E-state index is -0.403. The molecule has 0 spiro atoms. The molecule has 0 unspecified atom stereocenters. The Morgan fingerprint density at radius 2 is 2.06 bits per heavy atom. The first-order chi connectivity index (χ1) is 7.99. The molecule has 0 atom stereocenters. The second-order valence-electron chi connectivity index (χ2n) is 3.85. The van der Waals surface area contributed by atoms with E-state index in [-0.39, 0.29) is 24.1 Å². The molecule has 1 aromatic heterocycles. The van der Waals surface area contributed by atoms with Gasteiger partial charge in [0.2, 0.25) is 11.5 Å². The lowest BCUT2D eigenvalue weighted by Gasteiger charge is -2.09. The van der Waals surface area contributed by atoms with Crippen molar-refractivity contribution in [1.82, 2.24) is 15.6 Å². The number of nitrogens with one attached hydrogen (secondary N) is 3. The van der Waals surface area contributed by atoms with Gasteiger partial charge in [-0.15, -0.1) is 0 Å². The number of H-pyrrole nitrogens is 1. The topological polar surface area (TPSA) is 91.1 Å². The summed E-state index contributed by atoms with van der Waals surface area (Å²) in [5.41, 5.74) is 0.0287. The summed E-state index contributed by atoms with van der Waals surface area (Å²) in [4.78, 5) is 36.0. The lowest BCUT2D eigenvalue weighted by Crippen LogP contribution is -2.39. The van der Waals surface area contributed by atoms with Gasteiger partial charge in [0.25, 0.3) is 5.91 Å². The van der Waals surface area contributed by atoms with E-state index in [1.54, 1.807) is 0 Å². The van der Waals surface area contributed by atoms with Crippen molar-refractivity contribution >= 4 is 11.8 Å². The number of hydrogen-bond donors (Lipinski definition) is 3. The Kier molecular flexibility index (Phi) is 4.45. The van der Waals surface area contributed by atoms with Gasteiger partial charge >= 0.3 is 0 Å². The highest BCUT2D eigenvalue weighted by molar-refractivity contribution is 5.96. The van der Waals surface area contributed by atoms with Gasteiger partial charge < -0.3 is 15.6 Å². The van der Waals surface area contributed by atoms with Crippen LogP contribution in [0.25, 0.3) is 0 Å². The normalized spacial score (nSPS) is 10.1. The van der Waals surface area contributed by atoms with Crippen LogP contribution in [-0.2, 0) is 4.79 Å². The van der Waals surface area contributed by atoms with Crippen LogP contribution in [0.2, 0.25) is 0 Å². The van der Waals surface area contributed by atoms with E-state index in [2.05, 4.69) is 15.6 Å². The summed E-state index contributed by atoms with van der Waals surface area (Å²) in [5, 5.41) is 5.10. The Morgan fingerprint density at radius 3 is 2.59 bits per heavy atom. The Balaban J connectivity index is 2.47. The van der Waals surface area contributed by atoms with Crippen molar-refractivity contribution < 1.29 is 9.59 Å². The van der Waals surface area contributed by atoms with Crippen LogP contribution in [0.4, 0.5) is 0 Å². The molecule has 3 N–H and O–H groups in total. The van der Waals surface area contributed by atoms with Crippen LogP contribution in [0.5, 0.6) is 0 Å². The van der Waals surface area contributed by atoms with Gasteiger partial charge in [-0.1, -0.05) is 0 Å². The zero-order chi connectivity index (χ0) is 12.8. The van der Waals surface area contributed by atoms with Crippen LogP contribution in [0, 0.1) is 0 Å². The maximum atomic E-state index is 11.5. The molecule has 1 heterocycles. The van der Waals surface area contributed by atoms with Crippen LogP contribution in [0.3, 0.4) is 0 Å². The van der Waals surface area contributed by atoms with Crippen molar-refractivity contribution in [1.29, 1.82) is 0 Å². The van der Waals surface area contributed by atoms with Crippen molar-refractivity contribution in [3.8, 4) is 0 Å². The quantitative estimate of drug-likeness (QED) is 0.667. The van der Waals surface area contributed by atoms with Crippen LogP contribution < -0.4 is 16.2 Å². The Labute approximate surface area is 98.4 Å². The largest absolute Gasteiger partial charge is 0.352 e. The van der Waals surface area contributed by atoms with Crippen LogP contribution >= 0.6 is 0 Å². The molecular formula is C11H15N3O3. The molecule has 0 bridgehead atoms. The molecule has 6 nitrogen and oxygen atoms in total. The second kappa shape index (κ2) is 5.83. The molecule has 0 aliphatic carbocycles. The van der Waals surface area contributed by atoms with Gasteiger partial charge in [0.15, 0.2) is 0 Å². The summed E-state index contributed by atoms with van der Waals surface area (Å²) in [6, 6.07) is 2.69. The smallest absolute Gasteiger partial charge is 0.253 e. The monoisotopic (exact) mass is 237 g/mol. The fraction of sp³-hybridized carbons (Fsp3) is 0.364. The average molecular weight is 237 g/mol. The number of hydrogen-bond acceptors (Lipinski definition) is 3. The van der Waals surface area contributed by atoms with Crippen LogP contribution in [0.1, 0.15) is 24.2 Å². The highest BCUT2D eigenvalue weighted by atomic mass is 16.2. The molecule has 0 fully saturated rings. The summed E-state index contributed by atoms with van der Waals surface area (Å²) >= 11 is 0. The molecule has 0 aromatic carbocycles. The summed E-state index contributed by atoms with van der Waals surface area (Å²) in [6.07, 6.45) is 1.30. The zero-order valence-electron chi connectivity index (χ0n) is 9.74. The summed E-state index contributed by atoms with van der Waals surface area (Å²) in [6.45, 7) is 3.58. The number of carbonyl (C=O) groups is 2. The SMILES string of the molecule is CC(C)NC(=O)CNC(=O)c1ccc(=O)[nH]c1. The molecule has 6 heteroatoms. The predicted molar refractivity (Wildman–Crippen MR) is 62.7 cm³/mol. The number of rotatable bonds is 4. The molecule has 0 saturated heterocycles. The van der Waals surface area contributed by atoms with E-state index >= 15 is 0 Å². The molecule has 0 saturated carbocycles. The van der Waals surface area contributed by atoms with Crippen molar-refractivity contribution in [2.45, 2.75) is 19.9 Å². The van der Waals surface area contributed by atoms with Gasteiger partial charge in [0, 0.05) is 18.3 Å². The molecule has 1 aromatic rings. The Morgan fingerprint density at radius 1 is 1.35 bits per heavy atom. The Hall–Kier alpha value is -2.11. The lowest BCUT2D eigenvalue weighted by atomic mass is 10.2. The van der Waals surface area contributed by atoms with Crippen LogP contribution in [0.15, 0.2) is 23.1 Å². The maximum absolute atomic E-state index is 11.5. The first kappa shape index (κ1) is 13.0. The van der Waals surface area contributed by atoms with E-state index in [1.807, 2.05) is 13.8 Å². The highest BCUT2D eigenvalue weighted by Crippen LogP contribution is 1.92. The molecular weight excluding hydrogens is 222 g/mol. The molecule has 0 aliphatic heterocycles. The molecule has 92 valence electrons. The van der Waals surface area contributed by atoms with Gasteiger partial charge in [0.1, 0.15) is 0 Å². The van der Waals surface area contributed by atoms with E-state index in [4.69, 9.17) is 0 Å². The van der Waals surface area contributed by atoms with Gasteiger partial charge in [0.05, 0.1) is 12.1 Å². The maximum Gasteiger partial charge on any atom is 0.253 e. The number of amides is 2. The van der Waals surface area contributed by atoms with Crippen molar-refractivity contribution in [2.24, 2.45) is 0 Å². The molecule has 1 rings (SSSR count). The van der Waals surface area contributed by atoms with Gasteiger partial charge in [-0.3, -0.25) is 14.4 Å². The second-order valence-corrected chi connectivity index (χ2v) is 3.85. The predicted octanol–water partition coefficient (Wildman–Crippen LogP) is -0.371. The number of aromatic amines is 1. The van der Waals surface area contributed by atoms with E-state index in [1.165, 1.54) is 18.3 Å². The first-order valence-corrected chi connectivity index (χ1v) is 5.25. The standard InChI is InChI=1S/C11H15N3O3/c1-7(2)14-10(16)6-13-11(17)8-3-4-9(15)12-5-8/h3-5,7H,6H2,1-2H3,(H,12,15)(H,13,17)(H,14,16). The van der Waals surface area contributed by atoms with Crippen molar-refractivity contribution in [3.05, 3.63) is 34.2 Å². The van der Waals surface area contributed by atoms with Gasteiger partial charge in [-0.2, -0.15) is 0 Å². The summed E-state index contributed by atoms with van der Waals surface area (Å²) in [5.74, 6) is -0.655. The van der Waals surface area contributed by atoms with Gasteiger partial charge in [-0.25, -0.2) is 0 Å². The van der Waals surface area contributed by atoms with E-state index in [0.29, 0.717) is 5.56 Å². The minimum Gasteiger partial charge on any atom is -0.352 e. The highest BCUT2D eigenvalue weighted by Gasteiger charge is 2.08. The number of aromatic nitrogens is 1. The number of carbonyl (C=O) groups excluding carboxylic acids is 2. The van der Waals surface area contributed by atoms with E-state index < -0.39 is 5.91 Å². The molecule has 17 heavy (non-hydrogen) atoms. The first-order valence-electron chi connectivity index (χ1n) is 5.25.